The first-order valence-corrected chi connectivity index (χ1v) is 3.34. The van der Waals surface area contributed by atoms with E-state index in [1.807, 2.05) is 36.4 Å². The van der Waals surface area contributed by atoms with E-state index in [1.54, 1.807) is 0 Å². The number of hydrogen-bond acceptors (Lipinski definition) is 1. The maximum Gasteiger partial charge on any atom is 0.153 e. The van der Waals surface area contributed by atoms with E-state index < -0.39 is 0 Å². The quantitative estimate of drug-likeness (QED) is 0.579. The van der Waals surface area contributed by atoms with Gasteiger partial charge in [0.15, 0.2) is 5.05 Å². The first-order valence-electron chi connectivity index (χ1n) is 2.93. The molecule has 54 valence electrons. The summed E-state index contributed by atoms with van der Waals surface area (Å²) >= 11 is 4.09. The van der Waals surface area contributed by atoms with Crippen molar-refractivity contribution < 1.29 is 5.11 Å². The maximum atomic E-state index is 7.79. The van der Waals surface area contributed by atoms with Crippen LogP contribution in [0.5, 0.6) is 0 Å². The zero-order valence-electron chi connectivity index (χ0n) is 5.82. The molecule has 2 heteroatoms. The summed E-state index contributed by atoms with van der Waals surface area (Å²) in [6, 6.07) is 12.0. The van der Waals surface area contributed by atoms with Crippen molar-refractivity contribution in [3.63, 3.8) is 0 Å². The lowest BCUT2D eigenvalue weighted by atomic mass is 10.4. The van der Waals surface area contributed by atoms with Gasteiger partial charge in [0.05, 0.1) is 0 Å². The van der Waals surface area contributed by atoms with Crippen LogP contribution in [0.2, 0.25) is 0 Å². The minimum Gasteiger partial charge on any atom is -0.502 e. The fourth-order valence-electron chi connectivity index (χ4n) is 0.385. The van der Waals surface area contributed by atoms with Gasteiger partial charge in [-0.2, -0.15) is 0 Å². The van der Waals surface area contributed by atoms with E-state index in [-0.39, 0.29) is 5.05 Å². The van der Waals surface area contributed by atoms with Crippen LogP contribution in [0.15, 0.2) is 36.4 Å². The molecule has 0 spiro atoms. The number of hydrogen-bond donors (Lipinski definition) is 1. The van der Waals surface area contributed by atoms with Gasteiger partial charge < -0.3 is 5.11 Å². The Bertz CT molecular complexity index is 141. The van der Waals surface area contributed by atoms with Crippen LogP contribution in [0.3, 0.4) is 0 Å². The summed E-state index contributed by atoms with van der Waals surface area (Å²) in [6.45, 7) is 1.45. The van der Waals surface area contributed by atoms with E-state index in [1.165, 1.54) is 6.92 Å². The average molecular weight is 154 g/mol. The number of aliphatic hydroxyl groups excluding tert-OH is 1. The molecule has 0 heterocycles. The normalized spacial score (nSPS) is 7.30. The van der Waals surface area contributed by atoms with Crippen LogP contribution in [0.1, 0.15) is 6.92 Å². The lowest BCUT2D eigenvalue weighted by Crippen LogP contribution is -1.72. The van der Waals surface area contributed by atoms with Gasteiger partial charge in [-0.25, -0.2) is 0 Å². The Morgan fingerprint density at radius 1 is 1.00 bits per heavy atom. The lowest BCUT2D eigenvalue weighted by Gasteiger charge is -1.69. The molecule has 0 saturated heterocycles. The average Bonchev–Trinajstić information content (AvgIpc) is 1.90. The van der Waals surface area contributed by atoms with E-state index in [4.69, 9.17) is 5.11 Å². The lowest BCUT2D eigenvalue weighted by molar-refractivity contribution is 0.565. The van der Waals surface area contributed by atoms with Crippen LogP contribution in [0.4, 0.5) is 0 Å². The zero-order valence-corrected chi connectivity index (χ0v) is 6.64. The molecule has 0 saturated carbocycles. The number of rotatable bonds is 0. The van der Waals surface area contributed by atoms with Crippen molar-refractivity contribution in [1.29, 1.82) is 0 Å². The monoisotopic (exact) mass is 154 g/mol. The van der Waals surface area contributed by atoms with Crippen molar-refractivity contribution in [2.75, 3.05) is 0 Å². The highest BCUT2D eigenvalue weighted by atomic mass is 32.1. The summed E-state index contributed by atoms with van der Waals surface area (Å²) in [5.74, 6) is 0. The van der Waals surface area contributed by atoms with Gasteiger partial charge in [-0.1, -0.05) is 36.4 Å². The predicted octanol–water partition coefficient (Wildman–Crippen LogP) is 2.58. The maximum absolute atomic E-state index is 7.79. The summed E-state index contributed by atoms with van der Waals surface area (Å²) in [6.07, 6.45) is 0. The molecule has 10 heavy (non-hydrogen) atoms. The second-order valence-corrected chi connectivity index (χ2v) is 2.26. The highest BCUT2D eigenvalue weighted by molar-refractivity contribution is 7.79. The smallest absolute Gasteiger partial charge is 0.153 e. The molecule has 1 aromatic rings. The first-order chi connectivity index (χ1) is 4.73. The van der Waals surface area contributed by atoms with Gasteiger partial charge >= 0.3 is 0 Å². The van der Waals surface area contributed by atoms with Crippen molar-refractivity contribution in [2.45, 2.75) is 6.92 Å². The van der Waals surface area contributed by atoms with Gasteiger partial charge in [0, 0.05) is 6.92 Å². The predicted molar refractivity (Wildman–Crippen MR) is 47.3 cm³/mol. The van der Waals surface area contributed by atoms with E-state index in [0.29, 0.717) is 0 Å². The summed E-state index contributed by atoms with van der Waals surface area (Å²) in [4.78, 5) is 0. The molecule has 0 unspecified atom stereocenters. The minimum absolute atomic E-state index is 0.000000000000000222. The highest BCUT2D eigenvalue weighted by Gasteiger charge is 1.58. The van der Waals surface area contributed by atoms with Crippen molar-refractivity contribution in [2.24, 2.45) is 0 Å². The Labute approximate surface area is 66.3 Å². The highest BCUT2D eigenvalue weighted by Crippen LogP contribution is 1.79. The molecular weight excluding hydrogens is 144 g/mol. The standard InChI is InChI=1S/C6H6.C2H4OS/c1-2-4-6-5-3-1;1-2(3)4/h1-6H;1H3,(H,3,4). The molecule has 0 aromatic heterocycles. The van der Waals surface area contributed by atoms with Gasteiger partial charge in [-0.05, 0) is 12.2 Å². The Morgan fingerprint density at radius 3 is 1.20 bits per heavy atom. The topological polar surface area (TPSA) is 20.2 Å². The van der Waals surface area contributed by atoms with Gasteiger partial charge in [-0.15, -0.1) is 0 Å². The molecule has 1 N–H and O–H groups in total. The third-order valence-electron chi connectivity index (χ3n) is 0.667. The molecule has 0 bridgehead atoms. The van der Waals surface area contributed by atoms with E-state index in [0.717, 1.165) is 0 Å². The van der Waals surface area contributed by atoms with E-state index in [9.17, 15) is 0 Å². The molecule has 0 aliphatic rings. The summed E-state index contributed by atoms with van der Waals surface area (Å²) < 4.78 is 0. The van der Waals surface area contributed by atoms with Crippen LogP contribution in [-0.2, 0) is 0 Å². The summed E-state index contributed by atoms with van der Waals surface area (Å²) in [5.41, 5.74) is 0. The second-order valence-electron chi connectivity index (χ2n) is 1.67. The third-order valence-corrected chi connectivity index (χ3v) is 0.667. The summed E-state index contributed by atoms with van der Waals surface area (Å²) in [7, 11) is 0. The molecule has 0 amide bonds. The molecule has 1 rings (SSSR count). The van der Waals surface area contributed by atoms with Crippen LogP contribution in [0.25, 0.3) is 0 Å². The van der Waals surface area contributed by atoms with E-state index in [2.05, 4.69) is 12.2 Å². The number of aliphatic hydroxyl groups is 1. The molecule has 0 aliphatic heterocycles. The Kier molecular flexibility index (Phi) is 5.68. The fourth-order valence-corrected chi connectivity index (χ4v) is 0.385. The Balaban J connectivity index is 0.000000180. The van der Waals surface area contributed by atoms with Gasteiger partial charge in [0.25, 0.3) is 0 Å². The molecule has 1 aromatic carbocycles. The van der Waals surface area contributed by atoms with Crippen molar-refractivity contribution in [3.05, 3.63) is 36.4 Å². The second kappa shape index (κ2) is 6.23. The van der Waals surface area contributed by atoms with Crippen molar-refractivity contribution in [3.8, 4) is 0 Å². The Morgan fingerprint density at radius 2 is 1.10 bits per heavy atom. The van der Waals surface area contributed by atoms with Gasteiger partial charge in [0.2, 0.25) is 0 Å². The first kappa shape index (κ1) is 9.11. The molecule has 0 aliphatic carbocycles. The Hall–Kier alpha value is -0.890. The SMILES string of the molecule is CC(O)=S.c1ccccc1. The summed E-state index contributed by atoms with van der Waals surface area (Å²) in [5, 5.41) is 7.79. The van der Waals surface area contributed by atoms with Crippen molar-refractivity contribution >= 4 is 17.3 Å². The fraction of sp³-hybridized carbons (Fsp3) is 0.125. The largest absolute Gasteiger partial charge is 0.502 e. The van der Waals surface area contributed by atoms with Crippen molar-refractivity contribution in [1.82, 2.24) is 0 Å². The minimum atomic E-state index is 0.000000000000000222. The van der Waals surface area contributed by atoms with Crippen LogP contribution in [0, 0.1) is 0 Å². The molecule has 1 nitrogen and oxygen atoms in total. The van der Waals surface area contributed by atoms with Crippen LogP contribution >= 0.6 is 12.2 Å². The van der Waals surface area contributed by atoms with Crippen LogP contribution in [-0.4, -0.2) is 10.2 Å². The number of benzene rings is 1. The molecular formula is C8H10OS. The molecule has 0 atom stereocenters. The zero-order chi connectivity index (χ0) is 7.82. The van der Waals surface area contributed by atoms with E-state index >= 15 is 0 Å². The molecule has 0 fully saturated rings. The van der Waals surface area contributed by atoms with Crippen LogP contribution < -0.4 is 0 Å². The molecule has 0 radical (unpaired) electrons. The van der Waals surface area contributed by atoms with Gasteiger partial charge in [-0.3, -0.25) is 0 Å². The van der Waals surface area contributed by atoms with Gasteiger partial charge in [0.1, 0.15) is 0 Å². The third kappa shape index (κ3) is 10.2. The number of thiocarbonyl (C=S) groups is 1.